The fraction of sp³-hybridized carbons (Fsp3) is 0.600. The van der Waals surface area contributed by atoms with Crippen LogP contribution in [0, 0.1) is 5.92 Å². The van der Waals surface area contributed by atoms with E-state index in [1.165, 1.54) is 36.8 Å². The van der Waals surface area contributed by atoms with Crippen molar-refractivity contribution in [2.24, 2.45) is 5.92 Å². The van der Waals surface area contributed by atoms with Gasteiger partial charge in [-0.05, 0) is 43.4 Å². The first-order chi connectivity index (χ1) is 7.86. The van der Waals surface area contributed by atoms with Crippen LogP contribution in [-0.2, 0) is 6.42 Å². The lowest BCUT2D eigenvalue weighted by atomic mass is 9.88. The topological polar surface area (TPSA) is 12.0 Å². The van der Waals surface area contributed by atoms with Crippen molar-refractivity contribution in [1.29, 1.82) is 0 Å². The molecule has 0 saturated heterocycles. The van der Waals surface area contributed by atoms with Gasteiger partial charge in [-0.15, -0.1) is 0 Å². The highest BCUT2D eigenvalue weighted by molar-refractivity contribution is 5.30. The summed E-state index contributed by atoms with van der Waals surface area (Å²) in [7, 11) is 2.11. The molecule has 88 valence electrons. The molecule has 1 aromatic carbocycles. The molecule has 0 aromatic heterocycles. The Hall–Kier alpha value is -0.820. The molecule has 0 spiro atoms. The third-order valence-electron chi connectivity index (χ3n) is 3.95. The standard InChI is InChI=1S/C15H23N/c1-3-12-8-6-7-11-14(12)15(16-2)13-9-4-5-10-13/h6-8,11,13,15-16H,3-5,9-10H2,1-2H3. The number of hydrogen-bond donors (Lipinski definition) is 1. The zero-order valence-corrected chi connectivity index (χ0v) is 10.5. The predicted molar refractivity (Wildman–Crippen MR) is 69.6 cm³/mol. The van der Waals surface area contributed by atoms with Crippen molar-refractivity contribution < 1.29 is 0 Å². The Morgan fingerprint density at radius 2 is 1.94 bits per heavy atom. The van der Waals surface area contributed by atoms with Crippen molar-refractivity contribution in [2.45, 2.75) is 45.1 Å². The van der Waals surface area contributed by atoms with Gasteiger partial charge in [0.05, 0.1) is 0 Å². The molecule has 1 aromatic rings. The minimum absolute atomic E-state index is 0.568. The fourth-order valence-electron chi connectivity index (χ4n) is 3.10. The van der Waals surface area contributed by atoms with E-state index in [2.05, 4.69) is 43.6 Å². The number of benzene rings is 1. The van der Waals surface area contributed by atoms with Gasteiger partial charge in [-0.1, -0.05) is 44.0 Å². The van der Waals surface area contributed by atoms with Gasteiger partial charge in [-0.3, -0.25) is 0 Å². The van der Waals surface area contributed by atoms with Crippen molar-refractivity contribution >= 4 is 0 Å². The summed E-state index contributed by atoms with van der Waals surface area (Å²) < 4.78 is 0. The van der Waals surface area contributed by atoms with Gasteiger partial charge in [0.1, 0.15) is 0 Å². The second-order valence-electron chi connectivity index (χ2n) is 4.86. The van der Waals surface area contributed by atoms with E-state index in [4.69, 9.17) is 0 Å². The van der Waals surface area contributed by atoms with E-state index in [9.17, 15) is 0 Å². The number of nitrogens with one attached hydrogen (secondary N) is 1. The highest BCUT2D eigenvalue weighted by Crippen LogP contribution is 2.36. The average Bonchev–Trinajstić information content (AvgIpc) is 2.84. The van der Waals surface area contributed by atoms with Crippen LogP contribution in [0.3, 0.4) is 0 Å². The number of hydrogen-bond acceptors (Lipinski definition) is 1. The highest BCUT2D eigenvalue weighted by atomic mass is 14.9. The molecule has 0 radical (unpaired) electrons. The third-order valence-corrected chi connectivity index (χ3v) is 3.95. The van der Waals surface area contributed by atoms with Crippen LogP contribution >= 0.6 is 0 Å². The third kappa shape index (κ3) is 2.30. The summed E-state index contributed by atoms with van der Waals surface area (Å²) in [6, 6.07) is 9.48. The summed E-state index contributed by atoms with van der Waals surface area (Å²) in [5, 5.41) is 3.54. The second kappa shape index (κ2) is 5.49. The summed E-state index contributed by atoms with van der Waals surface area (Å²) in [6.07, 6.45) is 6.75. The smallest absolute Gasteiger partial charge is 0.0348 e. The van der Waals surface area contributed by atoms with E-state index in [0.717, 1.165) is 12.3 Å². The maximum absolute atomic E-state index is 3.54. The van der Waals surface area contributed by atoms with Gasteiger partial charge < -0.3 is 5.32 Å². The van der Waals surface area contributed by atoms with Crippen molar-refractivity contribution in [3.05, 3.63) is 35.4 Å². The van der Waals surface area contributed by atoms with Gasteiger partial charge in [0, 0.05) is 6.04 Å². The summed E-state index contributed by atoms with van der Waals surface area (Å²) in [4.78, 5) is 0. The van der Waals surface area contributed by atoms with Crippen molar-refractivity contribution in [3.8, 4) is 0 Å². The molecular weight excluding hydrogens is 194 g/mol. The van der Waals surface area contributed by atoms with E-state index in [-0.39, 0.29) is 0 Å². The number of rotatable bonds is 4. The van der Waals surface area contributed by atoms with Gasteiger partial charge in [0.2, 0.25) is 0 Å². The Morgan fingerprint density at radius 3 is 2.56 bits per heavy atom. The van der Waals surface area contributed by atoms with Gasteiger partial charge >= 0.3 is 0 Å². The largest absolute Gasteiger partial charge is 0.313 e. The van der Waals surface area contributed by atoms with Crippen molar-refractivity contribution in [1.82, 2.24) is 5.32 Å². The molecule has 0 aliphatic heterocycles. The van der Waals surface area contributed by atoms with E-state index < -0.39 is 0 Å². The SMILES string of the molecule is CCc1ccccc1C(NC)C1CCCC1. The maximum atomic E-state index is 3.54. The Kier molecular flexibility index (Phi) is 4.00. The van der Waals surface area contributed by atoms with Crippen LogP contribution in [0.5, 0.6) is 0 Å². The molecule has 1 fully saturated rings. The zero-order valence-electron chi connectivity index (χ0n) is 10.5. The molecule has 1 nitrogen and oxygen atoms in total. The molecule has 1 aliphatic rings. The van der Waals surface area contributed by atoms with Crippen LogP contribution in [0.1, 0.15) is 49.8 Å². The van der Waals surface area contributed by atoms with Crippen LogP contribution in [-0.4, -0.2) is 7.05 Å². The zero-order chi connectivity index (χ0) is 11.4. The average molecular weight is 217 g/mol. The fourth-order valence-corrected chi connectivity index (χ4v) is 3.10. The molecule has 1 aliphatic carbocycles. The highest BCUT2D eigenvalue weighted by Gasteiger charge is 2.25. The Bertz CT molecular complexity index is 326. The van der Waals surface area contributed by atoms with E-state index in [1.54, 1.807) is 0 Å². The summed E-state index contributed by atoms with van der Waals surface area (Å²) >= 11 is 0. The molecule has 0 heterocycles. The second-order valence-corrected chi connectivity index (χ2v) is 4.86. The van der Waals surface area contributed by atoms with Crippen LogP contribution in [0.15, 0.2) is 24.3 Å². The molecule has 1 heteroatoms. The summed E-state index contributed by atoms with van der Waals surface area (Å²) in [6.45, 7) is 2.25. The van der Waals surface area contributed by atoms with Crippen molar-refractivity contribution in [3.63, 3.8) is 0 Å². The van der Waals surface area contributed by atoms with Crippen molar-refractivity contribution in [2.75, 3.05) is 7.05 Å². The van der Waals surface area contributed by atoms with Crippen LogP contribution in [0.4, 0.5) is 0 Å². The molecule has 1 N–H and O–H groups in total. The van der Waals surface area contributed by atoms with Gasteiger partial charge in [0.25, 0.3) is 0 Å². The molecule has 16 heavy (non-hydrogen) atoms. The molecule has 1 atom stereocenters. The van der Waals surface area contributed by atoms with E-state index in [0.29, 0.717) is 6.04 Å². The molecule has 2 rings (SSSR count). The Labute approximate surface area is 99.3 Å². The first-order valence-corrected chi connectivity index (χ1v) is 6.62. The molecule has 0 amide bonds. The minimum atomic E-state index is 0.568. The Balaban J connectivity index is 2.24. The monoisotopic (exact) mass is 217 g/mol. The maximum Gasteiger partial charge on any atom is 0.0348 e. The quantitative estimate of drug-likeness (QED) is 0.811. The predicted octanol–water partition coefficient (Wildman–Crippen LogP) is 3.70. The van der Waals surface area contributed by atoms with E-state index in [1.807, 2.05) is 0 Å². The summed E-state index contributed by atoms with van der Waals surface area (Å²) in [5.41, 5.74) is 3.04. The lowest BCUT2D eigenvalue weighted by Crippen LogP contribution is -2.24. The number of aryl methyl sites for hydroxylation is 1. The molecular formula is C15H23N. The van der Waals surface area contributed by atoms with Gasteiger partial charge in [0.15, 0.2) is 0 Å². The molecule has 1 saturated carbocycles. The first-order valence-electron chi connectivity index (χ1n) is 6.62. The first kappa shape index (κ1) is 11.7. The minimum Gasteiger partial charge on any atom is -0.313 e. The lowest BCUT2D eigenvalue weighted by Gasteiger charge is -2.25. The Morgan fingerprint density at radius 1 is 1.25 bits per heavy atom. The summed E-state index contributed by atoms with van der Waals surface area (Å²) in [5.74, 6) is 0.845. The molecule has 1 unspecified atom stereocenters. The van der Waals surface area contributed by atoms with Gasteiger partial charge in [-0.25, -0.2) is 0 Å². The van der Waals surface area contributed by atoms with Crippen LogP contribution < -0.4 is 5.32 Å². The van der Waals surface area contributed by atoms with Gasteiger partial charge in [-0.2, -0.15) is 0 Å². The van der Waals surface area contributed by atoms with Crippen LogP contribution in [0.2, 0.25) is 0 Å². The normalized spacial score (nSPS) is 18.9. The van der Waals surface area contributed by atoms with Crippen LogP contribution in [0.25, 0.3) is 0 Å². The lowest BCUT2D eigenvalue weighted by molar-refractivity contribution is 0.388. The molecule has 0 bridgehead atoms. The van der Waals surface area contributed by atoms with E-state index >= 15 is 0 Å².